The Morgan fingerprint density at radius 3 is 2.40 bits per heavy atom. The van der Waals surface area contributed by atoms with Crippen LogP contribution in [0.25, 0.3) is 11.0 Å². The molecule has 0 aliphatic carbocycles. The summed E-state index contributed by atoms with van der Waals surface area (Å²) < 4.78 is 62.8. The van der Waals surface area contributed by atoms with Gasteiger partial charge in [-0.05, 0) is 73.5 Å². The maximum absolute atomic E-state index is 13.3. The van der Waals surface area contributed by atoms with Crippen LogP contribution in [-0.4, -0.2) is 51.5 Å². The van der Waals surface area contributed by atoms with Gasteiger partial charge in [-0.2, -0.15) is 4.31 Å². The summed E-state index contributed by atoms with van der Waals surface area (Å²) in [7, 11) is -3.64. The monoisotopic (exact) mass is 596 g/mol. The molecule has 2 heterocycles. The Bertz CT molecular complexity index is 1760. The van der Waals surface area contributed by atoms with E-state index in [2.05, 4.69) is 5.32 Å². The molecule has 220 valence electrons. The number of nitrogens with zero attached hydrogens (tertiary/aromatic N) is 1. The van der Waals surface area contributed by atoms with Crippen molar-refractivity contribution >= 4 is 32.6 Å². The average molecular weight is 597 g/mol. The molecule has 1 aliphatic heterocycles. The summed E-state index contributed by atoms with van der Waals surface area (Å²) in [6, 6.07) is 14.4. The summed E-state index contributed by atoms with van der Waals surface area (Å²) in [6.07, 6.45) is 0.507. The van der Waals surface area contributed by atoms with Crippen LogP contribution in [0, 0.1) is 12.7 Å². The Morgan fingerprint density at radius 1 is 1.05 bits per heavy atom. The van der Waals surface area contributed by atoms with Gasteiger partial charge < -0.3 is 23.9 Å². The van der Waals surface area contributed by atoms with Crippen LogP contribution >= 0.6 is 0 Å². The van der Waals surface area contributed by atoms with Crippen molar-refractivity contribution in [3.05, 3.63) is 88.0 Å². The highest BCUT2D eigenvalue weighted by atomic mass is 32.2. The fourth-order valence-electron chi connectivity index (χ4n) is 4.50. The van der Waals surface area contributed by atoms with Crippen LogP contribution in [0.4, 0.5) is 10.1 Å². The second kappa shape index (κ2) is 12.3. The lowest BCUT2D eigenvalue weighted by Gasteiger charge is -2.26. The van der Waals surface area contributed by atoms with E-state index in [1.807, 2.05) is 6.92 Å². The number of morpholine rings is 1. The largest absolute Gasteiger partial charge is 0.483 e. The molecule has 1 N–H and O–H groups in total. The number of aryl methyl sites for hydroxylation is 2. The Kier molecular flexibility index (Phi) is 8.57. The van der Waals surface area contributed by atoms with Crippen molar-refractivity contribution in [3.8, 4) is 17.2 Å². The van der Waals surface area contributed by atoms with Crippen LogP contribution in [0.15, 0.2) is 74.8 Å². The second-order valence-corrected chi connectivity index (χ2v) is 11.5. The molecular formula is C30H29FN2O8S. The van der Waals surface area contributed by atoms with Crippen molar-refractivity contribution in [2.45, 2.75) is 25.2 Å². The Morgan fingerprint density at radius 2 is 1.74 bits per heavy atom. The van der Waals surface area contributed by atoms with E-state index in [0.29, 0.717) is 55.5 Å². The lowest BCUT2D eigenvalue weighted by molar-refractivity contribution is -0.118. The van der Waals surface area contributed by atoms with Crippen LogP contribution in [0.2, 0.25) is 0 Å². The fourth-order valence-corrected chi connectivity index (χ4v) is 5.91. The van der Waals surface area contributed by atoms with Gasteiger partial charge in [-0.1, -0.05) is 6.92 Å². The van der Waals surface area contributed by atoms with Crippen molar-refractivity contribution < 1.29 is 36.2 Å². The van der Waals surface area contributed by atoms with Gasteiger partial charge in [-0.15, -0.1) is 0 Å². The average Bonchev–Trinajstić information content (AvgIpc) is 2.99. The van der Waals surface area contributed by atoms with E-state index >= 15 is 0 Å². The first-order valence-corrected chi connectivity index (χ1v) is 14.7. The maximum Gasteiger partial charge on any atom is 0.262 e. The molecule has 42 heavy (non-hydrogen) atoms. The maximum atomic E-state index is 13.3. The topological polar surface area (TPSA) is 124 Å². The predicted molar refractivity (Wildman–Crippen MR) is 153 cm³/mol. The lowest BCUT2D eigenvalue weighted by Crippen LogP contribution is -2.40. The number of nitrogens with one attached hydrogen (secondary N) is 1. The number of rotatable bonds is 9. The van der Waals surface area contributed by atoms with E-state index in [1.54, 1.807) is 19.1 Å². The summed E-state index contributed by atoms with van der Waals surface area (Å²) in [6.45, 7) is 4.42. The normalized spacial score (nSPS) is 14.1. The van der Waals surface area contributed by atoms with E-state index in [9.17, 15) is 22.4 Å². The van der Waals surface area contributed by atoms with Gasteiger partial charge in [0.05, 0.1) is 23.5 Å². The zero-order valence-corrected chi connectivity index (χ0v) is 23.8. The molecule has 1 fully saturated rings. The third kappa shape index (κ3) is 6.30. The minimum Gasteiger partial charge on any atom is -0.483 e. The quantitative estimate of drug-likeness (QED) is 0.297. The number of anilines is 1. The van der Waals surface area contributed by atoms with E-state index in [0.717, 1.165) is 0 Å². The number of carbonyl (C=O) groups is 1. The van der Waals surface area contributed by atoms with Gasteiger partial charge in [0.2, 0.25) is 21.2 Å². The molecule has 1 amide bonds. The first kappa shape index (κ1) is 29.2. The molecule has 0 spiro atoms. The minimum atomic E-state index is -3.64. The third-order valence-corrected chi connectivity index (χ3v) is 8.63. The van der Waals surface area contributed by atoms with Gasteiger partial charge in [0.25, 0.3) is 5.91 Å². The molecule has 0 atom stereocenters. The predicted octanol–water partition coefficient (Wildman–Crippen LogP) is 4.63. The smallest absolute Gasteiger partial charge is 0.262 e. The first-order chi connectivity index (χ1) is 20.2. The van der Waals surface area contributed by atoms with Gasteiger partial charge in [0.15, 0.2) is 6.61 Å². The number of carbonyl (C=O) groups excluding carboxylic acids is 1. The molecule has 5 rings (SSSR count). The lowest BCUT2D eigenvalue weighted by atomic mass is 10.1. The summed E-state index contributed by atoms with van der Waals surface area (Å²) in [4.78, 5) is 26.0. The fraction of sp³-hybridized carbons (Fsp3) is 0.267. The number of ether oxygens (including phenoxy) is 3. The highest BCUT2D eigenvalue weighted by Crippen LogP contribution is 2.30. The molecule has 1 aromatic heterocycles. The molecule has 0 saturated carbocycles. The number of hydrogen-bond donors (Lipinski definition) is 1. The SMILES string of the molecule is CCc1cc2c(=O)c(Oc3ccc(F)cc3)c(C)oc2cc1OCC(=O)Nc1ccc(S(=O)(=O)N2CCOCC2)cc1. The van der Waals surface area contributed by atoms with Gasteiger partial charge in [-0.3, -0.25) is 9.59 Å². The number of halogens is 1. The molecule has 12 heteroatoms. The van der Waals surface area contributed by atoms with Gasteiger partial charge in [0.1, 0.15) is 28.7 Å². The number of hydrogen-bond acceptors (Lipinski definition) is 8. The van der Waals surface area contributed by atoms with Crippen molar-refractivity contribution in [1.29, 1.82) is 0 Å². The summed E-state index contributed by atoms with van der Waals surface area (Å²) >= 11 is 0. The zero-order valence-electron chi connectivity index (χ0n) is 23.0. The van der Waals surface area contributed by atoms with Crippen molar-refractivity contribution in [3.63, 3.8) is 0 Å². The molecule has 1 saturated heterocycles. The zero-order chi connectivity index (χ0) is 29.9. The van der Waals surface area contributed by atoms with E-state index in [-0.39, 0.29) is 34.0 Å². The first-order valence-electron chi connectivity index (χ1n) is 13.3. The standard InChI is InChI=1S/C30H29FN2O8S/c1-3-20-16-25-27(40-19(2)30(29(25)35)41-23-8-4-21(31)5-9-23)17-26(20)39-18-28(34)32-22-6-10-24(11-7-22)42(36,37)33-12-14-38-15-13-33/h4-11,16-17H,3,12-15,18H2,1-2H3,(H,32,34). The van der Waals surface area contributed by atoms with Crippen LogP contribution < -0.4 is 20.2 Å². The number of sulfonamides is 1. The Balaban J connectivity index is 1.28. The molecule has 3 aromatic carbocycles. The highest BCUT2D eigenvalue weighted by Gasteiger charge is 2.26. The van der Waals surface area contributed by atoms with E-state index < -0.39 is 27.2 Å². The minimum absolute atomic E-state index is 0.00651. The third-order valence-electron chi connectivity index (χ3n) is 6.72. The molecule has 4 aromatic rings. The van der Waals surface area contributed by atoms with Crippen LogP contribution in [0.3, 0.4) is 0 Å². The van der Waals surface area contributed by atoms with E-state index in [4.69, 9.17) is 18.6 Å². The molecule has 0 radical (unpaired) electrons. The van der Waals surface area contributed by atoms with Gasteiger partial charge in [-0.25, -0.2) is 12.8 Å². The summed E-state index contributed by atoms with van der Waals surface area (Å²) in [5, 5.41) is 2.97. The highest BCUT2D eigenvalue weighted by molar-refractivity contribution is 7.89. The summed E-state index contributed by atoms with van der Waals surface area (Å²) in [5.74, 6) is 0.00717. The van der Waals surface area contributed by atoms with Crippen LogP contribution in [0.5, 0.6) is 17.2 Å². The van der Waals surface area contributed by atoms with Gasteiger partial charge in [0, 0.05) is 24.8 Å². The number of benzene rings is 3. The second-order valence-electron chi connectivity index (χ2n) is 9.56. The Labute approximate surface area is 241 Å². The molecule has 0 unspecified atom stereocenters. The number of amides is 1. The summed E-state index contributed by atoms with van der Waals surface area (Å²) in [5.41, 5.74) is 0.954. The van der Waals surface area contributed by atoms with Crippen molar-refractivity contribution in [1.82, 2.24) is 4.31 Å². The van der Waals surface area contributed by atoms with E-state index in [1.165, 1.54) is 52.8 Å². The molecule has 10 nitrogen and oxygen atoms in total. The van der Waals surface area contributed by atoms with Crippen LogP contribution in [-0.2, 0) is 26.0 Å². The van der Waals surface area contributed by atoms with Crippen molar-refractivity contribution in [2.24, 2.45) is 0 Å². The Hall–Kier alpha value is -4.26. The molecule has 0 bridgehead atoms. The molecule has 1 aliphatic rings. The molecular weight excluding hydrogens is 567 g/mol. The van der Waals surface area contributed by atoms with Crippen molar-refractivity contribution in [2.75, 3.05) is 38.2 Å². The van der Waals surface area contributed by atoms with Crippen LogP contribution in [0.1, 0.15) is 18.2 Å². The van der Waals surface area contributed by atoms with Gasteiger partial charge >= 0.3 is 0 Å². The number of fused-ring (bicyclic) bond motifs is 1.